The molecular formula is C13H15F3N2O3S. The van der Waals surface area contributed by atoms with Crippen molar-refractivity contribution >= 4 is 23.3 Å². The summed E-state index contributed by atoms with van der Waals surface area (Å²) in [5.41, 5.74) is 1.03. The molecule has 0 spiro atoms. The zero-order valence-corrected chi connectivity index (χ0v) is 12.3. The zero-order chi connectivity index (χ0) is 16.3. The van der Waals surface area contributed by atoms with Crippen molar-refractivity contribution in [1.82, 2.24) is 10.2 Å². The average molecular weight is 336 g/mol. The average Bonchev–Trinajstić information content (AvgIpc) is 3.06. The molecule has 0 saturated carbocycles. The first-order valence-electron chi connectivity index (χ1n) is 6.62. The van der Waals surface area contributed by atoms with Gasteiger partial charge in [-0.25, -0.2) is 4.79 Å². The molecule has 0 bridgehead atoms. The van der Waals surface area contributed by atoms with Crippen LogP contribution in [0.5, 0.6) is 0 Å². The van der Waals surface area contributed by atoms with Crippen LogP contribution < -0.4 is 5.32 Å². The van der Waals surface area contributed by atoms with Gasteiger partial charge in [0, 0.05) is 19.6 Å². The number of alkyl halides is 3. The molecule has 2 atom stereocenters. The third kappa shape index (κ3) is 3.90. The van der Waals surface area contributed by atoms with Gasteiger partial charge in [0.05, 0.1) is 11.8 Å². The fraction of sp³-hybridized carbons (Fsp3) is 0.538. The third-order valence-corrected chi connectivity index (χ3v) is 4.35. The van der Waals surface area contributed by atoms with Gasteiger partial charge in [-0.1, -0.05) is 0 Å². The number of likely N-dealkylation sites (tertiary alicyclic amines) is 1. The highest BCUT2D eigenvalue weighted by atomic mass is 32.1. The van der Waals surface area contributed by atoms with Crippen LogP contribution in [0, 0.1) is 11.8 Å². The van der Waals surface area contributed by atoms with Gasteiger partial charge in [0.15, 0.2) is 0 Å². The minimum Gasteiger partial charge on any atom is -0.481 e. The van der Waals surface area contributed by atoms with E-state index in [0.29, 0.717) is 13.0 Å². The van der Waals surface area contributed by atoms with Crippen molar-refractivity contribution in [2.45, 2.75) is 12.6 Å². The maximum Gasteiger partial charge on any atom is 0.394 e. The summed E-state index contributed by atoms with van der Waals surface area (Å²) < 4.78 is 38.5. The highest BCUT2D eigenvalue weighted by Gasteiger charge is 2.53. The molecule has 1 aromatic rings. The lowest BCUT2D eigenvalue weighted by Gasteiger charge is -2.18. The van der Waals surface area contributed by atoms with E-state index in [1.807, 2.05) is 16.8 Å². The maximum absolute atomic E-state index is 12.8. The number of carbonyl (C=O) groups is 2. The number of hydrogen-bond donors (Lipinski definition) is 2. The van der Waals surface area contributed by atoms with Gasteiger partial charge in [-0.2, -0.15) is 24.5 Å². The molecule has 1 aliphatic rings. The summed E-state index contributed by atoms with van der Waals surface area (Å²) in [5, 5.41) is 15.2. The normalized spacial score (nSPS) is 21.9. The second kappa shape index (κ2) is 6.55. The molecule has 2 heterocycles. The summed E-state index contributed by atoms with van der Waals surface area (Å²) in [6, 6.07) is 1.24. The van der Waals surface area contributed by atoms with Crippen molar-refractivity contribution in [2.24, 2.45) is 11.8 Å². The summed E-state index contributed by atoms with van der Waals surface area (Å²) in [5.74, 6) is -5.16. The van der Waals surface area contributed by atoms with E-state index in [9.17, 15) is 22.8 Å². The number of hydrogen-bond acceptors (Lipinski definition) is 3. The first kappa shape index (κ1) is 16.6. The molecule has 9 heteroatoms. The molecule has 1 saturated heterocycles. The summed E-state index contributed by atoms with van der Waals surface area (Å²) in [6.07, 6.45) is -4.05. The standard InChI is InChI=1S/C13H15F3N2O3S/c14-13(15,16)10-6-18(5-9(10)11(19)20)12(21)17-3-1-8-2-4-22-7-8/h2,4,7,9-10H,1,3,5-6H2,(H,17,21)(H,19,20)/t9-,10-/m1/s1. The minimum absolute atomic E-state index is 0.292. The number of carboxylic acid groups (broad SMARTS) is 1. The third-order valence-electron chi connectivity index (χ3n) is 3.61. The first-order chi connectivity index (χ1) is 10.3. The molecule has 1 fully saturated rings. The molecule has 0 unspecified atom stereocenters. The highest BCUT2D eigenvalue weighted by molar-refractivity contribution is 7.07. The van der Waals surface area contributed by atoms with Crippen LogP contribution in [0.4, 0.5) is 18.0 Å². The van der Waals surface area contributed by atoms with Crippen LogP contribution in [0.2, 0.25) is 0 Å². The molecule has 2 amide bonds. The maximum atomic E-state index is 12.8. The summed E-state index contributed by atoms with van der Waals surface area (Å²) in [7, 11) is 0. The number of carboxylic acids is 1. The Morgan fingerprint density at radius 3 is 2.64 bits per heavy atom. The highest BCUT2D eigenvalue weighted by Crippen LogP contribution is 2.37. The SMILES string of the molecule is O=C(O)[C@@H]1CN(C(=O)NCCc2ccsc2)C[C@H]1C(F)(F)F. The van der Waals surface area contributed by atoms with Crippen molar-refractivity contribution in [3.8, 4) is 0 Å². The quantitative estimate of drug-likeness (QED) is 0.886. The van der Waals surface area contributed by atoms with E-state index >= 15 is 0 Å². The summed E-state index contributed by atoms with van der Waals surface area (Å²) in [4.78, 5) is 23.7. The van der Waals surface area contributed by atoms with E-state index < -0.39 is 43.1 Å². The Balaban J connectivity index is 1.89. The number of urea groups is 1. The Bertz CT molecular complexity index is 533. The van der Waals surface area contributed by atoms with Crippen molar-refractivity contribution in [3.05, 3.63) is 22.4 Å². The molecule has 2 N–H and O–H groups in total. The molecule has 2 rings (SSSR count). The molecule has 22 heavy (non-hydrogen) atoms. The number of aliphatic carboxylic acids is 1. The lowest BCUT2D eigenvalue weighted by Crippen LogP contribution is -2.40. The molecule has 0 aliphatic carbocycles. The molecule has 1 aromatic heterocycles. The van der Waals surface area contributed by atoms with Crippen molar-refractivity contribution in [2.75, 3.05) is 19.6 Å². The van der Waals surface area contributed by atoms with E-state index in [1.165, 1.54) is 11.3 Å². The van der Waals surface area contributed by atoms with Gasteiger partial charge in [0.25, 0.3) is 0 Å². The summed E-state index contributed by atoms with van der Waals surface area (Å²) >= 11 is 1.52. The van der Waals surface area contributed by atoms with Crippen molar-refractivity contribution in [3.63, 3.8) is 0 Å². The number of nitrogens with one attached hydrogen (secondary N) is 1. The fourth-order valence-electron chi connectivity index (χ4n) is 2.41. The van der Waals surface area contributed by atoms with Crippen LogP contribution in [-0.4, -0.2) is 47.8 Å². The molecule has 5 nitrogen and oxygen atoms in total. The Hall–Kier alpha value is -1.77. The monoisotopic (exact) mass is 336 g/mol. The second-order valence-corrected chi connectivity index (χ2v) is 5.89. The topological polar surface area (TPSA) is 69.6 Å². The lowest BCUT2D eigenvalue weighted by molar-refractivity contribution is -0.187. The molecule has 0 radical (unpaired) electrons. The van der Waals surface area contributed by atoms with Crippen LogP contribution in [0.1, 0.15) is 5.56 Å². The number of nitrogens with zero attached hydrogens (tertiary/aromatic N) is 1. The van der Waals surface area contributed by atoms with Gasteiger partial charge in [0.2, 0.25) is 0 Å². The predicted octanol–water partition coefficient (Wildman–Crippen LogP) is 2.20. The van der Waals surface area contributed by atoms with Crippen molar-refractivity contribution in [1.29, 1.82) is 0 Å². The number of amides is 2. The number of carbonyl (C=O) groups excluding carboxylic acids is 1. The Morgan fingerprint density at radius 1 is 1.41 bits per heavy atom. The molecule has 122 valence electrons. The van der Waals surface area contributed by atoms with Gasteiger partial charge < -0.3 is 15.3 Å². The number of halogens is 3. The van der Waals surface area contributed by atoms with Gasteiger partial charge in [-0.15, -0.1) is 0 Å². The van der Waals surface area contributed by atoms with Crippen LogP contribution in [0.3, 0.4) is 0 Å². The molecule has 1 aliphatic heterocycles. The van der Waals surface area contributed by atoms with E-state index in [4.69, 9.17) is 5.11 Å². The Morgan fingerprint density at radius 2 is 2.14 bits per heavy atom. The van der Waals surface area contributed by atoms with Crippen LogP contribution in [-0.2, 0) is 11.2 Å². The zero-order valence-electron chi connectivity index (χ0n) is 11.5. The molecular weight excluding hydrogens is 321 g/mol. The minimum atomic E-state index is -4.63. The second-order valence-electron chi connectivity index (χ2n) is 5.11. The van der Waals surface area contributed by atoms with Crippen LogP contribution >= 0.6 is 11.3 Å². The molecule has 0 aromatic carbocycles. The fourth-order valence-corrected chi connectivity index (χ4v) is 3.12. The first-order valence-corrected chi connectivity index (χ1v) is 7.56. The Labute approximate surface area is 128 Å². The van der Waals surface area contributed by atoms with Crippen LogP contribution in [0.15, 0.2) is 16.8 Å². The smallest absolute Gasteiger partial charge is 0.394 e. The van der Waals surface area contributed by atoms with Crippen molar-refractivity contribution < 1.29 is 27.9 Å². The number of thiophene rings is 1. The van der Waals surface area contributed by atoms with E-state index in [0.717, 1.165) is 10.5 Å². The lowest BCUT2D eigenvalue weighted by atomic mass is 9.96. The van der Waals surface area contributed by atoms with E-state index in [-0.39, 0.29) is 0 Å². The van der Waals surface area contributed by atoms with Gasteiger partial charge in [0.1, 0.15) is 0 Å². The number of rotatable bonds is 4. The van der Waals surface area contributed by atoms with E-state index in [2.05, 4.69) is 5.32 Å². The van der Waals surface area contributed by atoms with Gasteiger partial charge in [-0.05, 0) is 28.8 Å². The summed E-state index contributed by atoms with van der Waals surface area (Å²) in [6.45, 7) is -0.755. The van der Waals surface area contributed by atoms with Gasteiger partial charge >= 0.3 is 18.2 Å². The van der Waals surface area contributed by atoms with E-state index in [1.54, 1.807) is 0 Å². The Kier molecular flexibility index (Phi) is 4.94. The predicted molar refractivity (Wildman–Crippen MR) is 73.7 cm³/mol. The van der Waals surface area contributed by atoms with Gasteiger partial charge in [-0.3, -0.25) is 4.79 Å². The van der Waals surface area contributed by atoms with Crippen LogP contribution in [0.25, 0.3) is 0 Å². The largest absolute Gasteiger partial charge is 0.481 e.